The lowest BCUT2D eigenvalue weighted by atomic mass is 9.81. The molecule has 1 aliphatic rings. The number of fused-ring (bicyclic) bond motifs is 1. The predicted molar refractivity (Wildman–Crippen MR) is 86.9 cm³/mol. The van der Waals surface area contributed by atoms with Gasteiger partial charge in [0, 0.05) is 6.04 Å². The van der Waals surface area contributed by atoms with Crippen LogP contribution in [0.3, 0.4) is 0 Å². The lowest BCUT2D eigenvalue weighted by Gasteiger charge is -2.31. The minimum Gasteiger partial charge on any atom is -0.310 e. The van der Waals surface area contributed by atoms with Gasteiger partial charge in [0.25, 0.3) is 0 Å². The third-order valence-corrected chi connectivity index (χ3v) is 4.68. The van der Waals surface area contributed by atoms with Gasteiger partial charge in [-0.25, -0.2) is 0 Å². The van der Waals surface area contributed by atoms with Gasteiger partial charge < -0.3 is 5.32 Å². The van der Waals surface area contributed by atoms with E-state index in [0.717, 1.165) is 12.5 Å². The van der Waals surface area contributed by atoms with Crippen molar-refractivity contribution in [2.75, 3.05) is 6.54 Å². The summed E-state index contributed by atoms with van der Waals surface area (Å²) in [6.07, 6.45) is 6.99. The highest BCUT2D eigenvalue weighted by atomic mass is 14.9. The maximum absolute atomic E-state index is 3.73. The number of hydrogen-bond acceptors (Lipinski definition) is 1. The van der Waals surface area contributed by atoms with Crippen molar-refractivity contribution in [1.29, 1.82) is 0 Å². The molecule has 1 N–H and O–H groups in total. The molecule has 0 aromatic heterocycles. The van der Waals surface area contributed by atoms with Crippen molar-refractivity contribution in [3.05, 3.63) is 48.0 Å². The topological polar surface area (TPSA) is 12.0 Å². The zero-order valence-electron chi connectivity index (χ0n) is 12.4. The minimum atomic E-state index is 0.532. The van der Waals surface area contributed by atoms with E-state index in [4.69, 9.17) is 0 Å². The Morgan fingerprint density at radius 2 is 1.75 bits per heavy atom. The fourth-order valence-corrected chi connectivity index (χ4v) is 3.65. The second kappa shape index (κ2) is 6.41. The molecule has 0 radical (unpaired) electrons. The SMILES string of the molecule is CCNC(c1ccc2ccccc2c1)C1CCCCC1. The van der Waals surface area contributed by atoms with Crippen molar-refractivity contribution >= 4 is 10.8 Å². The maximum atomic E-state index is 3.73. The zero-order valence-corrected chi connectivity index (χ0v) is 12.4. The van der Waals surface area contributed by atoms with Gasteiger partial charge in [-0.2, -0.15) is 0 Å². The van der Waals surface area contributed by atoms with E-state index in [1.165, 1.54) is 48.4 Å². The second-order valence-corrected chi connectivity index (χ2v) is 6.04. The molecule has 2 aromatic carbocycles. The molecule has 1 heteroatoms. The highest BCUT2D eigenvalue weighted by molar-refractivity contribution is 5.83. The molecular formula is C19H25N. The van der Waals surface area contributed by atoms with E-state index in [-0.39, 0.29) is 0 Å². The Morgan fingerprint density at radius 1 is 1.00 bits per heavy atom. The molecule has 1 saturated carbocycles. The quantitative estimate of drug-likeness (QED) is 0.815. The molecule has 0 spiro atoms. The van der Waals surface area contributed by atoms with Crippen molar-refractivity contribution in [3.8, 4) is 0 Å². The molecular weight excluding hydrogens is 242 g/mol. The van der Waals surface area contributed by atoms with Crippen LogP contribution in [0.4, 0.5) is 0 Å². The zero-order chi connectivity index (χ0) is 13.8. The second-order valence-electron chi connectivity index (χ2n) is 6.04. The molecule has 0 amide bonds. The van der Waals surface area contributed by atoms with Crippen LogP contribution in [-0.2, 0) is 0 Å². The van der Waals surface area contributed by atoms with Crippen LogP contribution in [0, 0.1) is 5.92 Å². The van der Waals surface area contributed by atoms with E-state index in [0.29, 0.717) is 6.04 Å². The molecule has 1 nitrogen and oxygen atoms in total. The van der Waals surface area contributed by atoms with Crippen molar-refractivity contribution in [2.45, 2.75) is 45.1 Å². The van der Waals surface area contributed by atoms with Crippen molar-refractivity contribution in [2.24, 2.45) is 5.92 Å². The largest absolute Gasteiger partial charge is 0.310 e. The summed E-state index contributed by atoms with van der Waals surface area (Å²) in [5.74, 6) is 0.810. The summed E-state index contributed by atoms with van der Waals surface area (Å²) in [6.45, 7) is 3.27. The molecule has 20 heavy (non-hydrogen) atoms. The van der Waals surface area contributed by atoms with E-state index in [2.05, 4.69) is 54.7 Å². The smallest absolute Gasteiger partial charge is 0.0348 e. The Bertz CT molecular complexity index is 554. The van der Waals surface area contributed by atoms with Crippen molar-refractivity contribution in [1.82, 2.24) is 5.32 Å². The molecule has 1 atom stereocenters. The first-order valence-electron chi connectivity index (χ1n) is 8.10. The van der Waals surface area contributed by atoms with Gasteiger partial charge in [-0.3, -0.25) is 0 Å². The molecule has 1 aliphatic carbocycles. The molecule has 3 rings (SSSR count). The first-order chi connectivity index (χ1) is 9.88. The lowest BCUT2D eigenvalue weighted by molar-refractivity contribution is 0.274. The Kier molecular flexibility index (Phi) is 4.37. The fraction of sp³-hybridized carbons (Fsp3) is 0.474. The van der Waals surface area contributed by atoms with Crippen LogP contribution < -0.4 is 5.32 Å². The molecule has 0 aliphatic heterocycles. The van der Waals surface area contributed by atoms with Crippen LogP contribution in [0.1, 0.15) is 50.6 Å². The average molecular weight is 267 g/mol. The summed E-state index contributed by atoms with van der Waals surface area (Å²) < 4.78 is 0. The van der Waals surface area contributed by atoms with Gasteiger partial charge in [-0.15, -0.1) is 0 Å². The van der Waals surface area contributed by atoms with Crippen LogP contribution in [0.5, 0.6) is 0 Å². The molecule has 106 valence electrons. The highest BCUT2D eigenvalue weighted by Gasteiger charge is 2.24. The van der Waals surface area contributed by atoms with Gasteiger partial charge in [0.15, 0.2) is 0 Å². The number of rotatable bonds is 4. The summed E-state index contributed by atoms with van der Waals surface area (Å²) >= 11 is 0. The monoisotopic (exact) mass is 267 g/mol. The van der Waals surface area contributed by atoms with Gasteiger partial charge in [-0.1, -0.05) is 62.6 Å². The van der Waals surface area contributed by atoms with E-state index >= 15 is 0 Å². The number of benzene rings is 2. The fourth-order valence-electron chi connectivity index (χ4n) is 3.65. The normalized spacial score (nSPS) is 18.2. The van der Waals surface area contributed by atoms with Gasteiger partial charge in [0.1, 0.15) is 0 Å². The van der Waals surface area contributed by atoms with Crippen LogP contribution >= 0.6 is 0 Å². The van der Waals surface area contributed by atoms with Crippen LogP contribution in [0.15, 0.2) is 42.5 Å². The first-order valence-corrected chi connectivity index (χ1v) is 8.10. The Labute approximate surface area is 122 Å². The average Bonchev–Trinajstić information content (AvgIpc) is 2.53. The summed E-state index contributed by atoms with van der Waals surface area (Å²) in [6, 6.07) is 16.2. The summed E-state index contributed by atoms with van der Waals surface area (Å²) in [5, 5.41) is 6.44. The lowest BCUT2D eigenvalue weighted by Crippen LogP contribution is -2.29. The first kappa shape index (κ1) is 13.6. The highest BCUT2D eigenvalue weighted by Crippen LogP contribution is 2.35. The molecule has 0 bridgehead atoms. The summed E-state index contributed by atoms with van der Waals surface area (Å²) in [5.41, 5.74) is 1.47. The van der Waals surface area contributed by atoms with Crippen molar-refractivity contribution < 1.29 is 0 Å². The van der Waals surface area contributed by atoms with Crippen LogP contribution in [0.25, 0.3) is 10.8 Å². The summed E-state index contributed by atoms with van der Waals surface area (Å²) in [7, 11) is 0. The third-order valence-electron chi connectivity index (χ3n) is 4.68. The Balaban J connectivity index is 1.91. The molecule has 1 unspecified atom stereocenters. The van der Waals surface area contributed by atoms with E-state index in [1.54, 1.807) is 0 Å². The van der Waals surface area contributed by atoms with E-state index in [9.17, 15) is 0 Å². The molecule has 1 fully saturated rings. The molecule has 0 heterocycles. The predicted octanol–water partition coefficient (Wildman–Crippen LogP) is 5.07. The van der Waals surface area contributed by atoms with Gasteiger partial charge in [-0.05, 0) is 47.7 Å². The number of nitrogens with one attached hydrogen (secondary N) is 1. The van der Waals surface area contributed by atoms with Gasteiger partial charge in [0.05, 0.1) is 0 Å². The Hall–Kier alpha value is -1.34. The minimum absolute atomic E-state index is 0.532. The van der Waals surface area contributed by atoms with Gasteiger partial charge in [0.2, 0.25) is 0 Å². The van der Waals surface area contributed by atoms with E-state index < -0.39 is 0 Å². The number of hydrogen-bond donors (Lipinski definition) is 1. The molecule has 0 saturated heterocycles. The maximum Gasteiger partial charge on any atom is 0.0348 e. The van der Waals surface area contributed by atoms with Crippen molar-refractivity contribution in [3.63, 3.8) is 0 Å². The van der Waals surface area contributed by atoms with Crippen LogP contribution in [0.2, 0.25) is 0 Å². The summed E-state index contributed by atoms with van der Waals surface area (Å²) in [4.78, 5) is 0. The standard InChI is InChI=1S/C19H25N/c1-2-20-19(16-9-4-3-5-10-16)18-13-12-15-8-6-7-11-17(15)14-18/h6-8,11-14,16,19-20H,2-5,9-10H2,1H3. The molecule has 2 aromatic rings. The van der Waals surface area contributed by atoms with Crippen LogP contribution in [-0.4, -0.2) is 6.54 Å². The third kappa shape index (κ3) is 2.88. The van der Waals surface area contributed by atoms with E-state index in [1.807, 2.05) is 0 Å². The Morgan fingerprint density at radius 3 is 2.50 bits per heavy atom. The van der Waals surface area contributed by atoms with Gasteiger partial charge >= 0.3 is 0 Å².